The molecule has 0 aliphatic heterocycles. The molecule has 0 N–H and O–H groups in total. The fourth-order valence-electron chi connectivity index (χ4n) is 2.31. The van der Waals surface area contributed by atoms with Crippen molar-refractivity contribution < 1.29 is 9.72 Å². The zero-order chi connectivity index (χ0) is 17.0. The van der Waals surface area contributed by atoms with Crippen LogP contribution in [0, 0.1) is 17.0 Å². The van der Waals surface area contributed by atoms with Crippen LogP contribution >= 0.6 is 0 Å². The van der Waals surface area contributed by atoms with Crippen molar-refractivity contribution in [1.29, 1.82) is 0 Å². The summed E-state index contributed by atoms with van der Waals surface area (Å²) in [7, 11) is 1.73. The van der Waals surface area contributed by atoms with Crippen LogP contribution in [0.4, 0.5) is 5.82 Å². The highest BCUT2D eigenvalue weighted by Crippen LogP contribution is 2.12. The Kier molecular flexibility index (Phi) is 5.09. The van der Waals surface area contributed by atoms with Gasteiger partial charge in [-0.1, -0.05) is 0 Å². The minimum absolute atomic E-state index is 0.0496. The first-order valence-electron chi connectivity index (χ1n) is 7.35. The molecule has 2 heterocycles. The molecule has 2 aromatic heterocycles. The lowest BCUT2D eigenvalue weighted by Gasteiger charge is -2.17. The van der Waals surface area contributed by atoms with Crippen LogP contribution in [-0.2, 0) is 24.4 Å². The fraction of sp³-hybridized carbons (Fsp3) is 0.500. The van der Waals surface area contributed by atoms with Gasteiger partial charge in [-0.15, -0.1) is 0 Å². The molecule has 0 saturated carbocycles. The maximum absolute atomic E-state index is 12.2. The molecule has 0 aliphatic carbocycles. The molecule has 0 aromatic carbocycles. The minimum atomic E-state index is -0.538. The van der Waals surface area contributed by atoms with Crippen molar-refractivity contribution in [1.82, 2.24) is 24.5 Å². The molecule has 0 saturated heterocycles. The van der Waals surface area contributed by atoms with Crippen molar-refractivity contribution in [3.8, 4) is 0 Å². The van der Waals surface area contributed by atoms with Crippen LogP contribution in [0.2, 0.25) is 0 Å². The standard InChI is InChI=1S/C14H20N6O3/c1-4-18-12(5-7-15-18)10-17(3)14(21)6-8-19-11(2)9-13(16-19)20(22)23/h5,7,9H,4,6,8,10H2,1-3H3. The van der Waals surface area contributed by atoms with Gasteiger partial charge in [-0.2, -0.15) is 9.78 Å². The zero-order valence-corrected chi connectivity index (χ0v) is 13.5. The van der Waals surface area contributed by atoms with E-state index in [1.807, 2.05) is 17.7 Å². The number of aryl methyl sites for hydroxylation is 3. The highest BCUT2D eigenvalue weighted by Gasteiger charge is 2.17. The predicted octanol–water partition coefficient (Wildman–Crippen LogP) is 1.36. The Morgan fingerprint density at radius 1 is 1.43 bits per heavy atom. The Morgan fingerprint density at radius 3 is 2.78 bits per heavy atom. The van der Waals surface area contributed by atoms with Crippen LogP contribution in [0.25, 0.3) is 0 Å². The quantitative estimate of drug-likeness (QED) is 0.566. The molecule has 2 rings (SSSR count). The van der Waals surface area contributed by atoms with Gasteiger partial charge in [-0.3, -0.25) is 9.48 Å². The lowest BCUT2D eigenvalue weighted by molar-refractivity contribution is -0.389. The van der Waals surface area contributed by atoms with Crippen molar-refractivity contribution in [2.45, 2.75) is 39.9 Å². The van der Waals surface area contributed by atoms with Gasteiger partial charge in [0.15, 0.2) is 0 Å². The van der Waals surface area contributed by atoms with E-state index in [0.717, 1.165) is 12.2 Å². The molecule has 0 radical (unpaired) electrons. The Morgan fingerprint density at radius 2 is 2.17 bits per heavy atom. The van der Waals surface area contributed by atoms with E-state index in [1.165, 1.54) is 10.7 Å². The SMILES string of the molecule is CCn1nccc1CN(C)C(=O)CCn1nc([N+](=O)[O-])cc1C. The van der Waals surface area contributed by atoms with Gasteiger partial charge in [-0.05, 0) is 24.8 Å². The van der Waals surface area contributed by atoms with Crippen molar-refractivity contribution in [2.75, 3.05) is 7.05 Å². The van der Waals surface area contributed by atoms with Gasteiger partial charge in [0.05, 0.1) is 35.6 Å². The highest BCUT2D eigenvalue weighted by molar-refractivity contribution is 5.75. The van der Waals surface area contributed by atoms with Gasteiger partial charge < -0.3 is 15.0 Å². The molecule has 0 unspecified atom stereocenters. The summed E-state index contributed by atoms with van der Waals surface area (Å²) >= 11 is 0. The first-order chi connectivity index (χ1) is 10.9. The van der Waals surface area contributed by atoms with Crippen molar-refractivity contribution in [3.05, 3.63) is 39.8 Å². The molecular formula is C14H20N6O3. The van der Waals surface area contributed by atoms with E-state index in [2.05, 4.69) is 10.2 Å². The number of hydrogen-bond donors (Lipinski definition) is 0. The second-order valence-corrected chi connectivity index (χ2v) is 5.26. The van der Waals surface area contributed by atoms with Gasteiger partial charge in [0.1, 0.15) is 0 Å². The van der Waals surface area contributed by atoms with Gasteiger partial charge >= 0.3 is 5.82 Å². The number of nitrogens with zero attached hydrogens (tertiary/aromatic N) is 6. The van der Waals surface area contributed by atoms with E-state index in [4.69, 9.17) is 0 Å². The summed E-state index contributed by atoms with van der Waals surface area (Å²) in [4.78, 5) is 24.0. The maximum Gasteiger partial charge on any atom is 0.390 e. The summed E-state index contributed by atoms with van der Waals surface area (Å²) in [6, 6.07) is 3.28. The normalized spacial score (nSPS) is 10.7. The molecule has 2 aromatic rings. The van der Waals surface area contributed by atoms with Crippen LogP contribution in [0.1, 0.15) is 24.7 Å². The summed E-state index contributed by atoms with van der Waals surface area (Å²) in [5, 5.41) is 18.7. The van der Waals surface area contributed by atoms with E-state index < -0.39 is 4.92 Å². The number of carbonyl (C=O) groups excluding carboxylic acids is 1. The molecule has 0 atom stereocenters. The largest absolute Gasteiger partial charge is 0.390 e. The summed E-state index contributed by atoms with van der Waals surface area (Å²) in [6.45, 7) is 5.26. The van der Waals surface area contributed by atoms with Gasteiger partial charge in [-0.25, -0.2) is 0 Å². The number of rotatable bonds is 7. The smallest absolute Gasteiger partial charge is 0.358 e. The predicted molar refractivity (Wildman–Crippen MR) is 82.6 cm³/mol. The minimum Gasteiger partial charge on any atom is -0.358 e. The van der Waals surface area contributed by atoms with Crippen LogP contribution in [-0.4, -0.2) is 42.3 Å². The van der Waals surface area contributed by atoms with Crippen LogP contribution in [0.5, 0.6) is 0 Å². The number of hydrogen-bond acceptors (Lipinski definition) is 5. The van der Waals surface area contributed by atoms with Crippen molar-refractivity contribution in [2.24, 2.45) is 0 Å². The molecule has 23 heavy (non-hydrogen) atoms. The summed E-state index contributed by atoms with van der Waals surface area (Å²) in [6.07, 6.45) is 1.94. The lowest BCUT2D eigenvalue weighted by Crippen LogP contribution is -2.28. The van der Waals surface area contributed by atoms with Crippen molar-refractivity contribution in [3.63, 3.8) is 0 Å². The first kappa shape index (κ1) is 16.7. The van der Waals surface area contributed by atoms with Crippen molar-refractivity contribution >= 4 is 11.7 Å². The van der Waals surface area contributed by atoms with E-state index >= 15 is 0 Å². The molecule has 124 valence electrons. The van der Waals surface area contributed by atoms with E-state index in [-0.39, 0.29) is 18.1 Å². The summed E-state index contributed by atoms with van der Waals surface area (Å²) in [5.74, 6) is -0.249. The number of nitro groups is 1. The monoisotopic (exact) mass is 320 g/mol. The molecule has 1 amide bonds. The summed E-state index contributed by atoms with van der Waals surface area (Å²) < 4.78 is 3.32. The maximum atomic E-state index is 12.2. The highest BCUT2D eigenvalue weighted by atomic mass is 16.6. The Hall–Kier alpha value is -2.71. The summed E-state index contributed by atoms with van der Waals surface area (Å²) in [5.41, 5.74) is 1.63. The van der Waals surface area contributed by atoms with Crippen LogP contribution in [0.15, 0.2) is 18.3 Å². The van der Waals surface area contributed by atoms with Gasteiger partial charge in [0.25, 0.3) is 0 Å². The molecular weight excluding hydrogens is 300 g/mol. The average Bonchev–Trinajstić information content (AvgIpc) is 3.11. The van der Waals surface area contributed by atoms with E-state index in [1.54, 1.807) is 25.1 Å². The fourth-order valence-corrected chi connectivity index (χ4v) is 2.31. The molecule has 9 heteroatoms. The molecule has 9 nitrogen and oxygen atoms in total. The Bertz CT molecular complexity index is 705. The Balaban J connectivity index is 1.92. The van der Waals surface area contributed by atoms with Crippen LogP contribution < -0.4 is 0 Å². The average molecular weight is 320 g/mol. The second-order valence-electron chi connectivity index (χ2n) is 5.26. The molecule has 0 spiro atoms. The van der Waals surface area contributed by atoms with E-state index in [0.29, 0.717) is 18.8 Å². The first-order valence-corrected chi connectivity index (χ1v) is 7.35. The number of aromatic nitrogens is 4. The topological polar surface area (TPSA) is 99.1 Å². The third kappa shape index (κ3) is 3.93. The zero-order valence-electron chi connectivity index (χ0n) is 13.5. The Labute approximate surface area is 133 Å². The third-order valence-corrected chi connectivity index (χ3v) is 3.62. The second kappa shape index (κ2) is 7.03. The van der Waals surface area contributed by atoms with E-state index in [9.17, 15) is 14.9 Å². The molecule has 0 fully saturated rings. The number of carbonyl (C=O) groups is 1. The van der Waals surface area contributed by atoms with Gasteiger partial charge in [0, 0.05) is 26.2 Å². The lowest BCUT2D eigenvalue weighted by atomic mass is 10.3. The van der Waals surface area contributed by atoms with Crippen LogP contribution in [0.3, 0.4) is 0 Å². The third-order valence-electron chi connectivity index (χ3n) is 3.62. The molecule has 0 bridgehead atoms. The number of amides is 1. The molecule has 0 aliphatic rings. The van der Waals surface area contributed by atoms with Gasteiger partial charge in [0.2, 0.25) is 5.91 Å².